The predicted molar refractivity (Wildman–Crippen MR) is 85.6 cm³/mol. The maximum absolute atomic E-state index is 2.66. The van der Waals surface area contributed by atoms with Crippen molar-refractivity contribution >= 4 is 0 Å². The number of piperidine rings is 1. The van der Waals surface area contributed by atoms with E-state index in [1.807, 2.05) is 0 Å². The first-order chi connectivity index (χ1) is 8.76. The quantitative estimate of drug-likeness (QED) is 0.724. The smallest absolute Gasteiger partial charge is 0.00300 e. The molecule has 2 nitrogen and oxygen atoms in total. The largest absolute Gasteiger partial charge is 0.306 e. The van der Waals surface area contributed by atoms with E-state index in [0.29, 0.717) is 5.41 Å². The molecule has 1 fully saturated rings. The minimum atomic E-state index is 0.445. The Kier molecular flexibility index (Phi) is 6.82. The van der Waals surface area contributed by atoms with E-state index in [-0.39, 0.29) is 0 Å². The minimum Gasteiger partial charge on any atom is -0.306 e. The fourth-order valence-corrected chi connectivity index (χ4v) is 3.01. The lowest BCUT2D eigenvalue weighted by Crippen LogP contribution is -2.41. The highest BCUT2D eigenvalue weighted by atomic mass is 15.1. The van der Waals surface area contributed by atoms with Crippen molar-refractivity contribution in [1.29, 1.82) is 0 Å². The summed E-state index contributed by atoms with van der Waals surface area (Å²) in [6.07, 6.45) is 4.11. The molecule has 0 aromatic rings. The molecule has 0 atom stereocenters. The monoisotopic (exact) mass is 268 g/mol. The lowest BCUT2D eigenvalue weighted by molar-refractivity contribution is 0.119. The van der Waals surface area contributed by atoms with E-state index in [1.54, 1.807) is 0 Å². The highest BCUT2D eigenvalue weighted by Gasteiger charge is 2.23. The van der Waals surface area contributed by atoms with E-state index in [0.717, 1.165) is 11.8 Å². The average molecular weight is 268 g/mol. The fraction of sp³-hybridized carbons (Fsp3) is 1.00. The Morgan fingerprint density at radius 1 is 1.16 bits per heavy atom. The van der Waals surface area contributed by atoms with Crippen LogP contribution < -0.4 is 0 Å². The Balaban J connectivity index is 2.19. The molecule has 0 spiro atoms. The zero-order valence-corrected chi connectivity index (χ0v) is 14.2. The second-order valence-corrected chi connectivity index (χ2v) is 8.22. The molecule has 19 heavy (non-hydrogen) atoms. The van der Waals surface area contributed by atoms with E-state index in [4.69, 9.17) is 0 Å². The first kappa shape index (κ1) is 17.0. The average Bonchev–Trinajstić information content (AvgIpc) is 2.27. The first-order valence-electron chi connectivity index (χ1n) is 8.17. The predicted octanol–water partition coefficient (Wildman–Crippen LogP) is 3.72. The third-order valence-electron chi connectivity index (χ3n) is 4.06. The van der Waals surface area contributed by atoms with Gasteiger partial charge in [0.2, 0.25) is 0 Å². The van der Waals surface area contributed by atoms with Crippen LogP contribution in [0.15, 0.2) is 0 Å². The fourth-order valence-electron chi connectivity index (χ4n) is 3.01. The molecule has 2 heteroatoms. The van der Waals surface area contributed by atoms with Crippen molar-refractivity contribution in [2.45, 2.75) is 53.9 Å². The number of nitrogens with zero attached hydrogens (tertiary/aromatic N) is 2. The van der Waals surface area contributed by atoms with Gasteiger partial charge < -0.3 is 9.80 Å². The number of likely N-dealkylation sites (tertiary alicyclic amines) is 1. The molecule has 1 rings (SSSR count). The van der Waals surface area contributed by atoms with Gasteiger partial charge in [0.15, 0.2) is 0 Å². The molecule has 0 unspecified atom stereocenters. The highest BCUT2D eigenvalue weighted by molar-refractivity contribution is 4.77. The van der Waals surface area contributed by atoms with Gasteiger partial charge in [-0.2, -0.15) is 0 Å². The molecule has 0 N–H and O–H groups in total. The van der Waals surface area contributed by atoms with Crippen LogP contribution in [0.25, 0.3) is 0 Å². The van der Waals surface area contributed by atoms with Gasteiger partial charge in [0.05, 0.1) is 0 Å². The van der Waals surface area contributed by atoms with Crippen LogP contribution in [0.4, 0.5) is 0 Å². The van der Waals surface area contributed by atoms with Crippen LogP contribution >= 0.6 is 0 Å². The summed E-state index contributed by atoms with van der Waals surface area (Å²) in [4.78, 5) is 5.20. The standard InChI is InChI=1S/C17H36N2/c1-15(2)7-10-18(6)13-16-8-11-19(12-9-16)14-17(3,4)5/h15-16H,7-14H2,1-6H3. The van der Waals surface area contributed by atoms with Crippen molar-refractivity contribution in [1.82, 2.24) is 9.80 Å². The molecule has 1 aliphatic rings. The summed E-state index contributed by atoms with van der Waals surface area (Å²) in [5.41, 5.74) is 0.445. The normalized spacial score (nSPS) is 19.6. The van der Waals surface area contributed by atoms with Gasteiger partial charge in [-0.1, -0.05) is 34.6 Å². The second kappa shape index (κ2) is 7.64. The van der Waals surface area contributed by atoms with Crippen LogP contribution in [-0.4, -0.2) is 49.6 Å². The molecule has 0 saturated carbocycles. The maximum atomic E-state index is 2.66. The molecule has 0 radical (unpaired) electrons. The van der Waals surface area contributed by atoms with Crippen LogP contribution in [0.5, 0.6) is 0 Å². The van der Waals surface area contributed by atoms with Gasteiger partial charge in [0, 0.05) is 13.1 Å². The minimum absolute atomic E-state index is 0.445. The van der Waals surface area contributed by atoms with Gasteiger partial charge >= 0.3 is 0 Å². The Labute approximate surface area is 121 Å². The van der Waals surface area contributed by atoms with Crippen LogP contribution in [0.2, 0.25) is 0 Å². The number of hydrogen-bond donors (Lipinski definition) is 0. The third-order valence-corrected chi connectivity index (χ3v) is 4.06. The molecule has 1 saturated heterocycles. The van der Waals surface area contributed by atoms with Gasteiger partial charge in [-0.05, 0) is 63.2 Å². The highest BCUT2D eigenvalue weighted by Crippen LogP contribution is 2.22. The molecular formula is C17H36N2. The zero-order valence-electron chi connectivity index (χ0n) is 14.2. The van der Waals surface area contributed by atoms with Crippen LogP contribution in [-0.2, 0) is 0 Å². The number of rotatable bonds is 6. The van der Waals surface area contributed by atoms with Crippen LogP contribution in [0.3, 0.4) is 0 Å². The van der Waals surface area contributed by atoms with E-state index >= 15 is 0 Å². The summed E-state index contributed by atoms with van der Waals surface area (Å²) >= 11 is 0. The van der Waals surface area contributed by atoms with Crippen molar-refractivity contribution in [3.63, 3.8) is 0 Å². The summed E-state index contributed by atoms with van der Waals surface area (Å²) in [6.45, 7) is 18.1. The van der Waals surface area contributed by atoms with Gasteiger partial charge in [0.25, 0.3) is 0 Å². The zero-order chi connectivity index (χ0) is 14.5. The van der Waals surface area contributed by atoms with Gasteiger partial charge in [0.1, 0.15) is 0 Å². The Hall–Kier alpha value is -0.0800. The van der Waals surface area contributed by atoms with Gasteiger partial charge in [-0.25, -0.2) is 0 Å². The first-order valence-corrected chi connectivity index (χ1v) is 8.17. The Morgan fingerprint density at radius 3 is 2.21 bits per heavy atom. The van der Waals surface area contributed by atoms with E-state index in [2.05, 4.69) is 51.5 Å². The summed E-state index contributed by atoms with van der Waals surface area (Å²) < 4.78 is 0. The van der Waals surface area contributed by atoms with Gasteiger partial charge in [-0.15, -0.1) is 0 Å². The molecule has 0 amide bonds. The van der Waals surface area contributed by atoms with E-state index < -0.39 is 0 Å². The molecule has 1 heterocycles. The van der Waals surface area contributed by atoms with Crippen molar-refractivity contribution in [2.75, 3.05) is 39.8 Å². The van der Waals surface area contributed by atoms with Crippen molar-refractivity contribution in [3.05, 3.63) is 0 Å². The van der Waals surface area contributed by atoms with Gasteiger partial charge in [-0.3, -0.25) is 0 Å². The lowest BCUT2D eigenvalue weighted by atomic mass is 9.91. The van der Waals surface area contributed by atoms with Crippen molar-refractivity contribution in [3.8, 4) is 0 Å². The summed E-state index contributed by atoms with van der Waals surface area (Å²) in [6, 6.07) is 0. The molecule has 0 bridgehead atoms. The summed E-state index contributed by atoms with van der Waals surface area (Å²) in [5.74, 6) is 1.75. The van der Waals surface area contributed by atoms with Crippen LogP contribution in [0, 0.1) is 17.3 Å². The van der Waals surface area contributed by atoms with E-state index in [9.17, 15) is 0 Å². The molecule has 0 aliphatic carbocycles. The molecule has 0 aromatic carbocycles. The maximum Gasteiger partial charge on any atom is 0.00300 e. The van der Waals surface area contributed by atoms with Crippen molar-refractivity contribution in [2.24, 2.45) is 17.3 Å². The third kappa shape index (κ3) is 7.94. The SMILES string of the molecule is CC(C)CCN(C)CC1CCN(CC(C)(C)C)CC1. The molecule has 1 aliphatic heterocycles. The Morgan fingerprint density at radius 2 is 1.74 bits per heavy atom. The van der Waals surface area contributed by atoms with Crippen molar-refractivity contribution < 1.29 is 0 Å². The van der Waals surface area contributed by atoms with E-state index in [1.165, 1.54) is 52.0 Å². The molecule has 114 valence electrons. The molecule has 0 aromatic heterocycles. The summed E-state index contributed by atoms with van der Waals surface area (Å²) in [7, 11) is 2.30. The number of hydrogen-bond acceptors (Lipinski definition) is 2. The lowest BCUT2D eigenvalue weighted by Gasteiger charge is -2.37. The topological polar surface area (TPSA) is 6.48 Å². The Bertz CT molecular complexity index is 234. The summed E-state index contributed by atoms with van der Waals surface area (Å²) in [5, 5.41) is 0. The van der Waals surface area contributed by atoms with Crippen LogP contribution in [0.1, 0.15) is 53.9 Å². The molecular weight excluding hydrogens is 232 g/mol. The second-order valence-electron chi connectivity index (χ2n) is 8.22.